The summed E-state index contributed by atoms with van der Waals surface area (Å²) in [5.41, 5.74) is 1.20. The van der Waals surface area contributed by atoms with Gasteiger partial charge in [0.25, 0.3) is 0 Å². The molecule has 2 N–H and O–H groups in total. The van der Waals surface area contributed by atoms with Crippen LogP contribution in [-0.2, 0) is 14.8 Å². The Hall–Kier alpha value is -1.84. The first-order valence-corrected chi connectivity index (χ1v) is 9.58. The van der Waals surface area contributed by atoms with Crippen molar-refractivity contribution in [2.24, 2.45) is 0 Å². The van der Waals surface area contributed by atoms with Crippen LogP contribution in [0.4, 0.5) is 4.39 Å². The number of hydrogen-bond donors (Lipinski definition) is 2. The fraction of sp³-hybridized carbons (Fsp3) is 0.333. The van der Waals surface area contributed by atoms with Crippen LogP contribution in [0.5, 0.6) is 0 Å². The summed E-state index contributed by atoms with van der Waals surface area (Å²) in [5.74, 6) is -0.529. The van der Waals surface area contributed by atoms with Crippen molar-refractivity contribution in [2.45, 2.75) is 24.2 Å². The molecule has 0 aliphatic carbocycles. The van der Waals surface area contributed by atoms with Crippen LogP contribution in [0.25, 0.3) is 11.1 Å². The van der Waals surface area contributed by atoms with Gasteiger partial charge in [0.05, 0.1) is 18.1 Å². The maximum Gasteiger partial charge on any atom is 0.246 e. The second-order valence-corrected chi connectivity index (χ2v) is 7.97. The average molecular weight is 381 g/mol. The topological polar surface area (TPSA) is 87.1 Å². The fourth-order valence-corrected chi connectivity index (χ4v) is 4.74. The number of rotatable bonds is 5. The highest BCUT2D eigenvalue weighted by molar-refractivity contribution is 7.89. The Bertz CT molecular complexity index is 902. The summed E-state index contributed by atoms with van der Waals surface area (Å²) in [6, 6.07) is 10.6. The number of ether oxygens (including phenoxy) is 1. The number of sulfonamides is 1. The minimum absolute atomic E-state index is 0.0364. The fourth-order valence-electron chi connectivity index (χ4n) is 3.01. The highest BCUT2D eigenvalue weighted by atomic mass is 32.2. The van der Waals surface area contributed by atoms with Crippen LogP contribution in [0.15, 0.2) is 47.4 Å². The van der Waals surface area contributed by atoms with E-state index in [1.54, 1.807) is 25.1 Å². The number of aliphatic hydroxyl groups excluding tert-OH is 2. The molecule has 0 aromatic heterocycles. The van der Waals surface area contributed by atoms with Gasteiger partial charge in [-0.3, -0.25) is 0 Å². The van der Waals surface area contributed by atoms with E-state index in [9.17, 15) is 17.9 Å². The number of halogens is 1. The lowest BCUT2D eigenvalue weighted by Gasteiger charge is -2.26. The summed E-state index contributed by atoms with van der Waals surface area (Å²) >= 11 is 0. The molecular formula is C18H20FNO5S. The molecule has 2 atom stereocenters. The first-order valence-electron chi connectivity index (χ1n) is 8.14. The van der Waals surface area contributed by atoms with Crippen LogP contribution in [0.3, 0.4) is 0 Å². The number of aliphatic hydroxyl groups is 2. The molecule has 1 saturated heterocycles. The molecule has 6 nitrogen and oxygen atoms in total. The molecule has 2 aromatic carbocycles. The summed E-state index contributed by atoms with van der Waals surface area (Å²) < 4.78 is 47.0. The van der Waals surface area contributed by atoms with Crippen LogP contribution in [-0.4, -0.2) is 55.0 Å². The third kappa shape index (κ3) is 3.38. The first kappa shape index (κ1) is 18.9. The minimum atomic E-state index is -4.08. The van der Waals surface area contributed by atoms with Gasteiger partial charge in [-0.25, -0.2) is 12.8 Å². The Morgan fingerprint density at radius 2 is 2.00 bits per heavy atom. The lowest BCUT2D eigenvalue weighted by molar-refractivity contribution is -0.0598. The number of nitrogens with zero attached hydrogens (tertiary/aromatic N) is 1. The van der Waals surface area contributed by atoms with E-state index >= 15 is 0 Å². The van der Waals surface area contributed by atoms with E-state index in [4.69, 9.17) is 9.84 Å². The Morgan fingerprint density at radius 1 is 1.27 bits per heavy atom. The average Bonchev–Trinajstić information content (AvgIpc) is 3.12. The summed E-state index contributed by atoms with van der Waals surface area (Å²) in [4.78, 5) is -0.0751. The molecule has 2 aromatic rings. The van der Waals surface area contributed by atoms with Gasteiger partial charge in [0.15, 0.2) is 6.23 Å². The standard InChI is InChI=1S/C18H20FNO5S/c1-12-6-7-17(14(10-12)13-4-2-3-5-15(13)19)26(23,24)20-8-9-25-18(20)16(22)11-21/h2-7,10,16,18,21-22H,8-9,11H2,1H3. The second-order valence-electron chi connectivity index (χ2n) is 6.11. The highest BCUT2D eigenvalue weighted by Gasteiger charge is 2.41. The van der Waals surface area contributed by atoms with Crippen molar-refractivity contribution in [3.05, 3.63) is 53.8 Å². The summed E-state index contributed by atoms with van der Waals surface area (Å²) in [5, 5.41) is 19.0. The summed E-state index contributed by atoms with van der Waals surface area (Å²) in [6.07, 6.45) is -2.55. The molecule has 3 rings (SSSR count). The number of hydrogen-bond acceptors (Lipinski definition) is 5. The third-order valence-corrected chi connectivity index (χ3v) is 6.21. The van der Waals surface area contributed by atoms with E-state index in [2.05, 4.69) is 0 Å². The molecule has 0 radical (unpaired) electrons. The molecule has 0 saturated carbocycles. The van der Waals surface area contributed by atoms with Crippen LogP contribution in [0.2, 0.25) is 0 Å². The zero-order valence-corrected chi connectivity index (χ0v) is 15.0. The molecule has 0 bridgehead atoms. The first-order chi connectivity index (χ1) is 12.4. The van der Waals surface area contributed by atoms with E-state index in [-0.39, 0.29) is 29.2 Å². The largest absolute Gasteiger partial charge is 0.394 e. The van der Waals surface area contributed by atoms with Crippen LogP contribution in [0.1, 0.15) is 5.56 Å². The Kier molecular flexibility index (Phi) is 5.40. The maximum absolute atomic E-state index is 14.3. The third-order valence-electron chi connectivity index (χ3n) is 4.29. The van der Waals surface area contributed by atoms with Crippen molar-refractivity contribution in [1.29, 1.82) is 0 Å². The van der Waals surface area contributed by atoms with Crippen LogP contribution in [0, 0.1) is 12.7 Å². The normalized spacial score (nSPS) is 19.6. The van der Waals surface area contributed by atoms with Gasteiger partial charge < -0.3 is 14.9 Å². The second kappa shape index (κ2) is 7.42. The van der Waals surface area contributed by atoms with Crippen molar-refractivity contribution in [3.8, 4) is 11.1 Å². The molecule has 0 spiro atoms. The van der Waals surface area contributed by atoms with Gasteiger partial charge in [-0.15, -0.1) is 0 Å². The van der Waals surface area contributed by atoms with Crippen molar-refractivity contribution in [2.75, 3.05) is 19.8 Å². The lowest BCUT2D eigenvalue weighted by atomic mass is 10.0. The molecule has 140 valence electrons. The molecular weight excluding hydrogens is 361 g/mol. The van der Waals surface area contributed by atoms with E-state index in [0.717, 1.165) is 9.87 Å². The van der Waals surface area contributed by atoms with Gasteiger partial charge >= 0.3 is 0 Å². The van der Waals surface area contributed by atoms with Crippen LogP contribution < -0.4 is 0 Å². The van der Waals surface area contributed by atoms with Gasteiger partial charge in [0.1, 0.15) is 11.9 Å². The van der Waals surface area contributed by atoms with E-state index in [1.807, 2.05) is 0 Å². The van der Waals surface area contributed by atoms with Gasteiger partial charge in [0.2, 0.25) is 10.0 Å². The number of aryl methyl sites for hydroxylation is 1. The molecule has 1 fully saturated rings. The zero-order valence-electron chi connectivity index (χ0n) is 14.2. The summed E-state index contributed by atoms with van der Waals surface area (Å²) in [7, 11) is -4.08. The molecule has 0 amide bonds. The predicted octanol–water partition coefficient (Wildman–Crippen LogP) is 1.50. The van der Waals surface area contributed by atoms with Crippen molar-refractivity contribution in [3.63, 3.8) is 0 Å². The zero-order chi connectivity index (χ0) is 18.9. The molecule has 1 heterocycles. The Labute approximate surface area is 151 Å². The Balaban J connectivity index is 2.13. The smallest absolute Gasteiger partial charge is 0.246 e. The maximum atomic E-state index is 14.3. The highest BCUT2D eigenvalue weighted by Crippen LogP contribution is 2.34. The van der Waals surface area contributed by atoms with Crippen molar-refractivity contribution in [1.82, 2.24) is 4.31 Å². The van der Waals surface area contributed by atoms with Crippen molar-refractivity contribution < 1.29 is 27.8 Å². The minimum Gasteiger partial charge on any atom is -0.394 e. The van der Waals surface area contributed by atoms with E-state index in [1.165, 1.54) is 24.3 Å². The quantitative estimate of drug-likeness (QED) is 0.820. The number of benzene rings is 2. The summed E-state index contributed by atoms with van der Waals surface area (Å²) in [6.45, 7) is 1.29. The van der Waals surface area contributed by atoms with Gasteiger partial charge in [-0.2, -0.15) is 4.31 Å². The van der Waals surface area contributed by atoms with Gasteiger partial charge in [0, 0.05) is 17.7 Å². The molecule has 8 heteroatoms. The van der Waals surface area contributed by atoms with Gasteiger partial charge in [-0.05, 0) is 25.1 Å². The Morgan fingerprint density at radius 3 is 2.69 bits per heavy atom. The van der Waals surface area contributed by atoms with Crippen LogP contribution >= 0.6 is 0 Å². The molecule has 2 unspecified atom stereocenters. The molecule has 26 heavy (non-hydrogen) atoms. The molecule has 1 aliphatic heterocycles. The SMILES string of the molecule is Cc1ccc(S(=O)(=O)N2CCOC2C(O)CO)c(-c2ccccc2F)c1. The van der Waals surface area contributed by atoms with Gasteiger partial charge in [-0.1, -0.05) is 29.8 Å². The monoisotopic (exact) mass is 381 g/mol. The van der Waals surface area contributed by atoms with E-state index < -0.39 is 34.8 Å². The predicted molar refractivity (Wildman–Crippen MR) is 93.3 cm³/mol. The van der Waals surface area contributed by atoms with E-state index in [0.29, 0.717) is 0 Å². The lowest BCUT2D eigenvalue weighted by Crippen LogP contribution is -2.45. The van der Waals surface area contributed by atoms with Crippen molar-refractivity contribution >= 4 is 10.0 Å². The molecule has 1 aliphatic rings.